The molecule has 1 fully saturated rings. The maximum absolute atomic E-state index is 12.8. The summed E-state index contributed by atoms with van der Waals surface area (Å²) in [6, 6.07) is 8.18. The van der Waals surface area contributed by atoms with Gasteiger partial charge in [-0.05, 0) is 56.5 Å². The van der Waals surface area contributed by atoms with Crippen LogP contribution in [0.1, 0.15) is 53.0 Å². The van der Waals surface area contributed by atoms with Crippen LogP contribution in [0.5, 0.6) is 0 Å². The highest BCUT2D eigenvalue weighted by Crippen LogP contribution is 2.21. The lowest BCUT2D eigenvalue weighted by molar-refractivity contribution is -0.136. The highest BCUT2D eigenvalue weighted by atomic mass is 32.2. The van der Waals surface area contributed by atoms with Crippen molar-refractivity contribution >= 4 is 27.9 Å². The Hall–Kier alpha value is -2.71. The molecule has 0 radical (unpaired) electrons. The van der Waals surface area contributed by atoms with Gasteiger partial charge in [-0.25, -0.2) is 13.2 Å². The van der Waals surface area contributed by atoms with Crippen LogP contribution in [0.15, 0.2) is 41.3 Å². The third kappa shape index (κ3) is 5.55. The molecule has 0 spiro atoms. The summed E-state index contributed by atoms with van der Waals surface area (Å²) >= 11 is 0. The van der Waals surface area contributed by atoms with Gasteiger partial charge in [0.05, 0.1) is 4.90 Å². The summed E-state index contributed by atoms with van der Waals surface area (Å²) in [6.45, 7) is 4.52. The predicted octanol–water partition coefficient (Wildman–Crippen LogP) is 3.65. The molecule has 1 aromatic carbocycles. The molecule has 3 rings (SSSR count). The van der Waals surface area contributed by atoms with Crippen molar-refractivity contribution in [3.05, 3.63) is 58.9 Å². The van der Waals surface area contributed by atoms with Crippen molar-refractivity contribution in [2.45, 2.75) is 44.4 Å². The first-order chi connectivity index (χ1) is 15.2. The first kappa shape index (κ1) is 23.9. The quantitative estimate of drug-likeness (QED) is 0.359. The van der Waals surface area contributed by atoms with Crippen molar-refractivity contribution in [3.8, 4) is 0 Å². The molecular weight excluding hydrogens is 428 g/mol. The Morgan fingerprint density at radius 1 is 1.03 bits per heavy atom. The number of esters is 1. The fraction of sp³-hybridized carbons (Fsp3) is 0.417. The van der Waals surface area contributed by atoms with Crippen molar-refractivity contribution in [1.29, 1.82) is 0 Å². The second-order valence-electron chi connectivity index (χ2n) is 8.10. The van der Waals surface area contributed by atoms with Gasteiger partial charge < -0.3 is 9.30 Å². The molecule has 7 nitrogen and oxygen atoms in total. The topological polar surface area (TPSA) is 85.7 Å². The van der Waals surface area contributed by atoms with Crippen molar-refractivity contribution in [2.75, 3.05) is 19.7 Å². The number of hydrogen-bond donors (Lipinski definition) is 0. The van der Waals surface area contributed by atoms with Crippen molar-refractivity contribution in [3.63, 3.8) is 0 Å². The highest BCUT2D eigenvalue weighted by molar-refractivity contribution is 7.89. The number of nitrogens with zero attached hydrogens (tertiary/aromatic N) is 2. The molecule has 1 aliphatic rings. The number of ether oxygens (including phenoxy) is 1. The molecule has 0 aliphatic carbocycles. The zero-order chi connectivity index (χ0) is 23.3. The molecule has 0 amide bonds. The normalized spacial score (nSPS) is 15.6. The Bertz CT molecular complexity index is 1110. The molecule has 0 unspecified atom stereocenters. The summed E-state index contributed by atoms with van der Waals surface area (Å²) in [5, 5.41) is 0. The van der Waals surface area contributed by atoms with Gasteiger partial charge in [0.15, 0.2) is 6.61 Å². The van der Waals surface area contributed by atoms with Gasteiger partial charge in [-0.15, -0.1) is 0 Å². The number of aryl methyl sites for hydroxylation is 1. The zero-order valence-electron chi connectivity index (χ0n) is 18.8. The SMILES string of the molecule is Cc1cc(C(=O)COC(=O)/C=C/c2ccc(S(=O)(=O)N3CCCCCC3)cc2)c(C)n1C. The molecule has 0 N–H and O–H groups in total. The van der Waals surface area contributed by atoms with E-state index in [0.717, 1.165) is 37.1 Å². The number of benzene rings is 1. The Morgan fingerprint density at radius 2 is 1.66 bits per heavy atom. The lowest BCUT2D eigenvalue weighted by atomic mass is 10.1. The van der Waals surface area contributed by atoms with Crippen LogP contribution in [0.2, 0.25) is 0 Å². The van der Waals surface area contributed by atoms with Gasteiger partial charge in [-0.1, -0.05) is 25.0 Å². The number of ketones is 1. The number of carbonyl (C=O) groups excluding carboxylic acids is 2. The maximum Gasteiger partial charge on any atom is 0.331 e. The van der Waals surface area contributed by atoms with E-state index in [0.29, 0.717) is 24.2 Å². The summed E-state index contributed by atoms with van der Waals surface area (Å²) < 4.78 is 34.2. The van der Waals surface area contributed by atoms with Crippen LogP contribution in [0.25, 0.3) is 6.08 Å². The molecule has 1 aromatic heterocycles. The van der Waals surface area contributed by atoms with Crippen LogP contribution in [-0.2, 0) is 26.6 Å². The van der Waals surface area contributed by atoms with Crippen molar-refractivity contribution in [2.24, 2.45) is 7.05 Å². The summed E-state index contributed by atoms with van der Waals surface area (Å²) in [6.07, 6.45) is 6.65. The number of rotatable bonds is 7. The third-order valence-electron chi connectivity index (χ3n) is 5.92. The Balaban J connectivity index is 1.57. The molecule has 1 aliphatic heterocycles. The standard InChI is InChI=1S/C24H30N2O5S/c1-18-16-22(19(2)25(18)3)23(27)17-31-24(28)13-10-20-8-11-21(12-9-20)32(29,30)26-14-6-4-5-7-15-26/h8-13,16H,4-7,14-15,17H2,1-3H3/b13-10+. The number of hydrogen-bond acceptors (Lipinski definition) is 5. The maximum atomic E-state index is 12.8. The lowest BCUT2D eigenvalue weighted by Crippen LogP contribution is -2.31. The molecule has 1 saturated heterocycles. The molecule has 2 aromatic rings. The van der Waals surface area contributed by atoms with Crippen molar-refractivity contribution < 1.29 is 22.7 Å². The number of Topliss-reactive ketones (excluding diaryl/α,β-unsaturated/α-hetero) is 1. The Kier molecular flexibility index (Phi) is 7.69. The van der Waals surface area contributed by atoms with E-state index in [9.17, 15) is 18.0 Å². The smallest absolute Gasteiger partial charge is 0.331 e. The fourth-order valence-corrected chi connectivity index (χ4v) is 5.26. The predicted molar refractivity (Wildman–Crippen MR) is 123 cm³/mol. The van der Waals surface area contributed by atoms with Gasteiger partial charge in [0.1, 0.15) is 0 Å². The van der Waals surface area contributed by atoms with Gasteiger partial charge in [-0.3, -0.25) is 4.79 Å². The minimum absolute atomic E-state index is 0.248. The van der Waals surface area contributed by atoms with Gasteiger partial charge in [0.25, 0.3) is 0 Å². The van der Waals surface area contributed by atoms with E-state index in [1.165, 1.54) is 12.2 Å². The second kappa shape index (κ2) is 10.3. The van der Waals surface area contributed by atoms with Crippen LogP contribution < -0.4 is 0 Å². The van der Waals surface area contributed by atoms with E-state index in [-0.39, 0.29) is 17.3 Å². The monoisotopic (exact) mass is 458 g/mol. The average Bonchev–Trinajstić information content (AvgIpc) is 2.99. The minimum atomic E-state index is -3.50. The Morgan fingerprint density at radius 3 is 2.22 bits per heavy atom. The van der Waals surface area contributed by atoms with Gasteiger partial charge in [0.2, 0.25) is 15.8 Å². The molecular formula is C24H30N2O5S. The van der Waals surface area contributed by atoms with E-state index < -0.39 is 16.0 Å². The molecule has 32 heavy (non-hydrogen) atoms. The highest BCUT2D eigenvalue weighted by Gasteiger charge is 2.24. The lowest BCUT2D eigenvalue weighted by Gasteiger charge is -2.19. The first-order valence-corrected chi connectivity index (χ1v) is 12.3. The van der Waals surface area contributed by atoms with Crippen molar-refractivity contribution in [1.82, 2.24) is 8.87 Å². The molecule has 0 saturated carbocycles. The van der Waals surface area contributed by atoms with E-state index in [1.807, 2.05) is 25.5 Å². The van der Waals surface area contributed by atoms with Crippen LogP contribution in [0, 0.1) is 13.8 Å². The third-order valence-corrected chi connectivity index (χ3v) is 7.83. The first-order valence-electron chi connectivity index (χ1n) is 10.8. The van der Waals surface area contributed by atoms with E-state index in [4.69, 9.17) is 4.74 Å². The van der Waals surface area contributed by atoms with Crippen LogP contribution >= 0.6 is 0 Å². The van der Waals surface area contributed by atoms with Gasteiger partial charge in [-0.2, -0.15) is 4.31 Å². The van der Waals surface area contributed by atoms with Crippen LogP contribution in [0.4, 0.5) is 0 Å². The molecule has 172 valence electrons. The average molecular weight is 459 g/mol. The summed E-state index contributed by atoms with van der Waals surface area (Å²) in [4.78, 5) is 24.6. The minimum Gasteiger partial charge on any atom is -0.454 e. The van der Waals surface area contributed by atoms with E-state index in [1.54, 1.807) is 34.6 Å². The second-order valence-corrected chi connectivity index (χ2v) is 10.0. The van der Waals surface area contributed by atoms with Gasteiger partial charge in [0, 0.05) is 43.2 Å². The van der Waals surface area contributed by atoms with Crippen LogP contribution in [-0.4, -0.2) is 48.7 Å². The Labute approximate surface area is 189 Å². The van der Waals surface area contributed by atoms with Gasteiger partial charge >= 0.3 is 5.97 Å². The fourth-order valence-electron chi connectivity index (χ4n) is 3.75. The molecule has 0 atom stereocenters. The van der Waals surface area contributed by atoms with E-state index >= 15 is 0 Å². The zero-order valence-corrected chi connectivity index (χ0v) is 19.7. The number of aromatic nitrogens is 1. The van der Waals surface area contributed by atoms with E-state index in [2.05, 4.69) is 0 Å². The molecule has 8 heteroatoms. The van der Waals surface area contributed by atoms with Crippen LogP contribution in [0.3, 0.4) is 0 Å². The summed E-state index contributed by atoms with van der Waals surface area (Å²) in [7, 11) is -1.63. The summed E-state index contributed by atoms with van der Waals surface area (Å²) in [5.41, 5.74) is 2.99. The number of sulfonamides is 1. The molecule has 0 bridgehead atoms. The number of carbonyl (C=O) groups is 2. The summed E-state index contributed by atoms with van der Waals surface area (Å²) in [5.74, 6) is -0.888. The largest absolute Gasteiger partial charge is 0.454 e. The molecule has 2 heterocycles.